The van der Waals surface area contributed by atoms with Crippen molar-refractivity contribution < 1.29 is 23.1 Å². The Balaban J connectivity index is 1.39. The molecule has 0 saturated carbocycles. The van der Waals surface area contributed by atoms with Crippen molar-refractivity contribution in [1.82, 2.24) is 19.4 Å². The van der Waals surface area contributed by atoms with Crippen LogP contribution in [0, 0.1) is 18.6 Å². The molecular weight excluding hydrogens is 528 g/mol. The summed E-state index contributed by atoms with van der Waals surface area (Å²) in [7, 11) is 0. The van der Waals surface area contributed by atoms with E-state index in [1.807, 2.05) is 30.3 Å². The van der Waals surface area contributed by atoms with Crippen LogP contribution in [-0.4, -0.2) is 77.1 Å². The Bertz CT molecular complexity index is 1500. The van der Waals surface area contributed by atoms with Crippen molar-refractivity contribution in [3.8, 4) is 16.9 Å². The number of nitrogens with zero attached hydrogens (tertiary/aromatic N) is 4. The van der Waals surface area contributed by atoms with E-state index in [2.05, 4.69) is 15.2 Å². The topological polar surface area (TPSA) is 79.7 Å². The van der Waals surface area contributed by atoms with Crippen LogP contribution in [0.25, 0.3) is 16.9 Å². The fourth-order valence-corrected chi connectivity index (χ4v) is 4.60. The number of rotatable bonds is 9. The number of hydrogen-bond acceptors (Lipinski definition) is 5. The molecule has 2 heterocycles. The molecule has 212 valence electrons. The predicted octanol–water partition coefficient (Wildman–Crippen LogP) is 4.54. The van der Waals surface area contributed by atoms with Crippen molar-refractivity contribution in [1.29, 1.82) is 0 Å². The standard InChI is InChI=1S/C31H31F2N5O3/c1-22-7-12-26(19-27(22)33)38-20-28(23-5-3-2-4-6-23)34-31(38)35-29(39)21-37(14-13-36-15-17-41-18-16-36)30(40)24-8-10-25(32)11-9-24/h2-12,19-20H,13-18,21H2,1H3,(H,34,35,39). The van der Waals surface area contributed by atoms with Crippen LogP contribution >= 0.6 is 0 Å². The van der Waals surface area contributed by atoms with Crippen molar-refractivity contribution in [3.63, 3.8) is 0 Å². The Morgan fingerprint density at radius 3 is 2.44 bits per heavy atom. The summed E-state index contributed by atoms with van der Waals surface area (Å²) in [6, 6.07) is 19.5. The number of nitrogens with one attached hydrogen (secondary N) is 1. The second-order valence-electron chi connectivity index (χ2n) is 9.86. The minimum atomic E-state index is -0.471. The first kappa shape index (κ1) is 28.1. The summed E-state index contributed by atoms with van der Waals surface area (Å²) in [6.45, 7) is 4.95. The molecule has 0 radical (unpaired) electrons. The maximum Gasteiger partial charge on any atom is 0.254 e. The minimum absolute atomic E-state index is 0.194. The van der Waals surface area contributed by atoms with Gasteiger partial charge in [-0.15, -0.1) is 0 Å². The van der Waals surface area contributed by atoms with Crippen molar-refractivity contribution >= 4 is 17.8 Å². The number of aromatic nitrogens is 2. The Labute approximate surface area is 237 Å². The quantitative estimate of drug-likeness (QED) is 0.326. The average molecular weight is 560 g/mol. The largest absolute Gasteiger partial charge is 0.379 e. The monoisotopic (exact) mass is 559 g/mol. The van der Waals surface area contributed by atoms with E-state index < -0.39 is 11.7 Å². The normalized spacial score (nSPS) is 13.6. The lowest BCUT2D eigenvalue weighted by Gasteiger charge is -2.30. The van der Waals surface area contributed by atoms with Gasteiger partial charge in [0, 0.05) is 43.5 Å². The van der Waals surface area contributed by atoms with Gasteiger partial charge in [0.05, 0.1) is 24.6 Å². The number of imidazole rings is 1. The molecule has 10 heteroatoms. The second-order valence-corrected chi connectivity index (χ2v) is 9.86. The summed E-state index contributed by atoms with van der Waals surface area (Å²) >= 11 is 0. The lowest BCUT2D eigenvalue weighted by atomic mass is 10.2. The summed E-state index contributed by atoms with van der Waals surface area (Å²) in [5.41, 5.74) is 2.69. The maximum atomic E-state index is 14.5. The molecule has 8 nitrogen and oxygen atoms in total. The van der Waals surface area contributed by atoms with Crippen LogP contribution < -0.4 is 5.32 Å². The molecular formula is C31H31F2N5O3. The van der Waals surface area contributed by atoms with E-state index in [1.54, 1.807) is 29.8 Å². The van der Waals surface area contributed by atoms with Crippen molar-refractivity contribution in [3.05, 3.63) is 102 Å². The zero-order valence-corrected chi connectivity index (χ0v) is 22.7. The molecule has 1 aromatic heterocycles. The molecule has 2 amide bonds. The molecule has 0 atom stereocenters. The van der Waals surface area contributed by atoms with Gasteiger partial charge in [-0.05, 0) is 48.9 Å². The number of ether oxygens (including phenoxy) is 1. The van der Waals surface area contributed by atoms with E-state index in [0.717, 1.165) is 18.7 Å². The molecule has 0 aliphatic carbocycles. The number of morpholine rings is 1. The smallest absolute Gasteiger partial charge is 0.254 e. The molecule has 4 aromatic rings. The molecule has 0 unspecified atom stereocenters. The van der Waals surface area contributed by atoms with Crippen LogP contribution in [0.1, 0.15) is 15.9 Å². The van der Waals surface area contributed by atoms with Gasteiger partial charge >= 0.3 is 0 Å². The summed E-state index contributed by atoms with van der Waals surface area (Å²) in [5, 5.41) is 2.82. The van der Waals surface area contributed by atoms with Gasteiger partial charge in [-0.2, -0.15) is 0 Å². The predicted molar refractivity (Wildman–Crippen MR) is 152 cm³/mol. The molecule has 0 bridgehead atoms. The van der Waals surface area contributed by atoms with Crippen molar-refractivity contribution in [2.24, 2.45) is 0 Å². The lowest BCUT2D eigenvalue weighted by molar-refractivity contribution is -0.117. The van der Waals surface area contributed by atoms with Crippen molar-refractivity contribution in [2.45, 2.75) is 6.92 Å². The Hall–Kier alpha value is -4.41. The first-order valence-electron chi connectivity index (χ1n) is 13.4. The van der Waals surface area contributed by atoms with E-state index in [9.17, 15) is 18.4 Å². The van der Waals surface area contributed by atoms with Gasteiger partial charge in [0.15, 0.2) is 0 Å². The highest BCUT2D eigenvalue weighted by atomic mass is 19.1. The summed E-state index contributed by atoms with van der Waals surface area (Å²) in [5.74, 6) is -1.50. The van der Waals surface area contributed by atoms with Crippen LogP contribution in [-0.2, 0) is 9.53 Å². The molecule has 41 heavy (non-hydrogen) atoms. The number of carbonyl (C=O) groups is 2. The van der Waals surface area contributed by atoms with E-state index in [0.29, 0.717) is 36.7 Å². The van der Waals surface area contributed by atoms with Gasteiger partial charge < -0.3 is 9.64 Å². The average Bonchev–Trinajstić information content (AvgIpc) is 3.41. The van der Waals surface area contributed by atoms with Gasteiger partial charge in [0.2, 0.25) is 11.9 Å². The second kappa shape index (κ2) is 12.8. The highest BCUT2D eigenvalue weighted by Gasteiger charge is 2.22. The summed E-state index contributed by atoms with van der Waals surface area (Å²) in [4.78, 5) is 35.0. The van der Waals surface area contributed by atoms with Crippen LogP contribution in [0.3, 0.4) is 0 Å². The number of hydrogen-bond donors (Lipinski definition) is 1. The minimum Gasteiger partial charge on any atom is -0.379 e. The third-order valence-electron chi connectivity index (χ3n) is 6.96. The molecule has 1 saturated heterocycles. The maximum absolute atomic E-state index is 14.5. The molecule has 1 N–H and O–H groups in total. The molecule has 0 spiro atoms. The number of carbonyl (C=O) groups excluding carboxylic acids is 2. The molecule has 5 rings (SSSR count). The van der Waals surface area contributed by atoms with Gasteiger partial charge in [-0.3, -0.25) is 24.4 Å². The van der Waals surface area contributed by atoms with E-state index in [1.165, 1.54) is 35.2 Å². The van der Waals surface area contributed by atoms with Gasteiger partial charge in [-0.1, -0.05) is 36.4 Å². The number of benzene rings is 3. The fourth-order valence-electron chi connectivity index (χ4n) is 4.60. The summed E-state index contributed by atoms with van der Waals surface area (Å²) < 4.78 is 35.0. The lowest BCUT2D eigenvalue weighted by Crippen LogP contribution is -2.45. The number of halogens is 2. The number of amides is 2. The third kappa shape index (κ3) is 7.03. The Morgan fingerprint density at radius 1 is 1.00 bits per heavy atom. The first-order valence-corrected chi connectivity index (χ1v) is 13.4. The van der Waals surface area contributed by atoms with Gasteiger partial charge in [0.25, 0.3) is 5.91 Å². The van der Waals surface area contributed by atoms with Crippen LogP contribution in [0.4, 0.5) is 14.7 Å². The van der Waals surface area contributed by atoms with Crippen LogP contribution in [0.5, 0.6) is 0 Å². The third-order valence-corrected chi connectivity index (χ3v) is 6.96. The zero-order valence-electron chi connectivity index (χ0n) is 22.7. The number of anilines is 1. The zero-order chi connectivity index (χ0) is 28.8. The molecule has 1 aliphatic rings. The van der Waals surface area contributed by atoms with Crippen LogP contribution in [0.15, 0.2) is 79.0 Å². The highest BCUT2D eigenvalue weighted by molar-refractivity contribution is 5.99. The van der Waals surface area contributed by atoms with E-state index in [4.69, 9.17) is 4.74 Å². The SMILES string of the molecule is Cc1ccc(-n2cc(-c3ccccc3)nc2NC(=O)CN(CCN2CCOCC2)C(=O)c2ccc(F)cc2)cc1F. The van der Waals surface area contributed by atoms with Gasteiger partial charge in [0.1, 0.15) is 18.2 Å². The molecule has 1 aliphatic heterocycles. The van der Waals surface area contributed by atoms with Gasteiger partial charge in [-0.25, -0.2) is 13.8 Å². The van der Waals surface area contributed by atoms with E-state index >= 15 is 0 Å². The number of aryl methyl sites for hydroxylation is 1. The highest BCUT2D eigenvalue weighted by Crippen LogP contribution is 2.25. The fraction of sp³-hybridized carbons (Fsp3) is 0.258. The van der Waals surface area contributed by atoms with E-state index in [-0.39, 0.29) is 36.3 Å². The Morgan fingerprint density at radius 2 is 1.73 bits per heavy atom. The Kier molecular flexibility index (Phi) is 8.81. The molecule has 1 fully saturated rings. The molecule has 3 aromatic carbocycles. The van der Waals surface area contributed by atoms with Crippen molar-refractivity contribution in [2.75, 3.05) is 51.3 Å². The first-order chi connectivity index (χ1) is 19.9. The summed E-state index contributed by atoms with van der Waals surface area (Å²) in [6.07, 6.45) is 1.73. The van der Waals surface area contributed by atoms with Crippen LogP contribution in [0.2, 0.25) is 0 Å².